The van der Waals surface area contributed by atoms with Gasteiger partial charge in [-0.05, 0) is 42.8 Å². The molecule has 0 spiro atoms. The summed E-state index contributed by atoms with van der Waals surface area (Å²) in [5.41, 5.74) is 3.98. The van der Waals surface area contributed by atoms with Gasteiger partial charge in [-0.2, -0.15) is 5.26 Å². The van der Waals surface area contributed by atoms with Crippen LogP contribution in [-0.4, -0.2) is 9.55 Å². The van der Waals surface area contributed by atoms with Gasteiger partial charge >= 0.3 is 0 Å². The van der Waals surface area contributed by atoms with Gasteiger partial charge in [0.25, 0.3) is 0 Å². The van der Waals surface area contributed by atoms with Gasteiger partial charge in [0.05, 0.1) is 22.7 Å². The highest BCUT2D eigenvalue weighted by Gasteiger charge is 2.13. The summed E-state index contributed by atoms with van der Waals surface area (Å²) < 4.78 is 15.3. The largest absolute Gasteiger partial charge is 0.327 e. The quantitative estimate of drug-likeness (QED) is 0.675. The average Bonchev–Trinajstić information content (AvgIpc) is 2.78. The number of hydrogen-bond acceptors (Lipinski definition) is 2. The molecule has 3 rings (SSSR count). The first kappa shape index (κ1) is 12.4. The summed E-state index contributed by atoms with van der Waals surface area (Å²) in [6.07, 6.45) is 0. The average molecular weight is 265 g/mol. The van der Waals surface area contributed by atoms with Crippen LogP contribution in [0.15, 0.2) is 36.4 Å². The van der Waals surface area contributed by atoms with Crippen LogP contribution in [0.1, 0.15) is 11.1 Å². The fourth-order valence-corrected chi connectivity index (χ4v) is 2.34. The fraction of sp³-hybridized carbons (Fsp3) is 0.125. The molecule has 3 aromatic rings. The van der Waals surface area contributed by atoms with E-state index >= 15 is 0 Å². The van der Waals surface area contributed by atoms with E-state index in [1.54, 1.807) is 18.2 Å². The monoisotopic (exact) mass is 265 g/mol. The molecule has 3 nitrogen and oxygen atoms in total. The lowest BCUT2D eigenvalue weighted by Crippen LogP contribution is -1.95. The van der Waals surface area contributed by atoms with E-state index in [1.807, 2.05) is 24.6 Å². The van der Waals surface area contributed by atoms with Gasteiger partial charge in [0.1, 0.15) is 11.6 Å². The Morgan fingerprint density at radius 3 is 2.75 bits per heavy atom. The highest BCUT2D eigenvalue weighted by molar-refractivity contribution is 5.82. The Morgan fingerprint density at radius 1 is 1.20 bits per heavy atom. The van der Waals surface area contributed by atoms with E-state index in [0.717, 1.165) is 22.2 Å². The predicted octanol–water partition coefficient (Wildman–Crippen LogP) is 3.56. The molecule has 0 amide bonds. The molecule has 0 unspecified atom stereocenters. The minimum absolute atomic E-state index is 0.282. The molecule has 0 aliphatic heterocycles. The van der Waals surface area contributed by atoms with Crippen LogP contribution in [-0.2, 0) is 7.05 Å². The van der Waals surface area contributed by atoms with Crippen molar-refractivity contribution in [3.05, 3.63) is 53.3 Å². The highest BCUT2D eigenvalue weighted by atomic mass is 19.1. The van der Waals surface area contributed by atoms with Gasteiger partial charge in [-0.3, -0.25) is 0 Å². The van der Waals surface area contributed by atoms with Crippen LogP contribution in [0.3, 0.4) is 0 Å². The Bertz CT molecular complexity index is 856. The third-order valence-electron chi connectivity index (χ3n) is 3.45. The number of halogens is 1. The summed E-state index contributed by atoms with van der Waals surface area (Å²) >= 11 is 0. The molecule has 0 saturated heterocycles. The number of rotatable bonds is 1. The number of benzene rings is 2. The first-order chi connectivity index (χ1) is 9.60. The van der Waals surface area contributed by atoms with Crippen LogP contribution in [0.4, 0.5) is 4.39 Å². The number of hydrogen-bond donors (Lipinski definition) is 0. The first-order valence-electron chi connectivity index (χ1n) is 6.23. The zero-order valence-electron chi connectivity index (χ0n) is 11.2. The van der Waals surface area contributed by atoms with E-state index in [9.17, 15) is 4.39 Å². The maximum Gasteiger partial charge on any atom is 0.141 e. The summed E-state index contributed by atoms with van der Waals surface area (Å²) in [6.45, 7) is 1.93. The van der Waals surface area contributed by atoms with Crippen LogP contribution in [0.5, 0.6) is 0 Å². The minimum Gasteiger partial charge on any atom is -0.327 e. The van der Waals surface area contributed by atoms with Gasteiger partial charge in [0, 0.05) is 12.6 Å². The maximum absolute atomic E-state index is 13.5. The van der Waals surface area contributed by atoms with Crippen molar-refractivity contribution in [2.24, 2.45) is 7.05 Å². The minimum atomic E-state index is -0.282. The second kappa shape index (κ2) is 4.46. The van der Waals surface area contributed by atoms with Gasteiger partial charge in [0.15, 0.2) is 0 Å². The molecule has 0 radical (unpaired) electrons. The molecule has 0 bridgehead atoms. The van der Waals surface area contributed by atoms with Crippen LogP contribution in [0.2, 0.25) is 0 Å². The maximum atomic E-state index is 13.5. The second-order valence-electron chi connectivity index (χ2n) is 4.77. The number of aromatic nitrogens is 2. The smallest absolute Gasteiger partial charge is 0.141 e. The van der Waals surface area contributed by atoms with Crippen molar-refractivity contribution in [2.45, 2.75) is 6.92 Å². The highest BCUT2D eigenvalue weighted by Crippen LogP contribution is 2.27. The Labute approximate surface area is 115 Å². The summed E-state index contributed by atoms with van der Waals surface area (Å²) in [6, 6.07) is 12.1. The normalized spacial score (nSPS) is 10.7. The van der Waals surface area contributed by atoms with Crippen molar-refractivity contribution in [2.75, 3.05) is 0 Å². The SMILES string of the molecule is Cc1ccc(F)cc1-c1nc2ccc(C#N)cc2n1C. The third-order valence-corrected chi connectivity index (χ3v) is 3.45. The van der Waals surface area contributed by atoms with Crippen LogP contribution >= 0.6 is 0 Å². The number of imidazole rings is 1. The molecule has 0 saturated carbocycles. The number of fused-ring (bicyclic) bond motifs is 1. The molecule has 1 aromatic heterocycles. The van der Waals surface area contributed by atoms with Crippen molar-refractivity contribution in [1.29, 1.82) is 5.26 Å². The van der Waals surface area contributed by atoms with Crippen molar-refractivity contribution >= 4 is 11.0 Å². The van der Waals surface area contributed by atoms with E-state index in [0.29, 0.717) is 11.4 Å². The number of aryl methyl sites for hydroxylation is 2. The molecule has 0 aliphatic rings. The van der Waals surface area contributed by atoms with Gasteiger partial charge in [-0.25, -0.2) is 9.37 Å². The molecule has 0 N–H and O–H groups in total. The lowest BCUT2D eigenvalue weighted by atomic mass is 10.1. The predicted molar refractivity (Wildman–Crippen MR) is 75.6 cm³/mol. The lowest BCUT2D eigenvalue weighted by molar-refractivity contribution is 0.627. The van der Waals surface area contributed by atoms with Gasteiger partial charge in [-0.15, -0.1) is 0 Å². The Balaban J connectivity index is 2.30. The molecular formula is C16H12FN3. The van der Waals surface area contributed by atoms with Gasteiger partial charge < -0.3 is 4.57 Å². The van der Waals surface area contributed by atoms with E-state index in [2.05, 4.69) is 11.1 Å². The van der Waals surface area contributed by atoms with E-state index in [4.69, 9.17) is 5.26 Å². The topological polar surface area (TPSA) is 41.6 Å². The molecule has 1 heterocycles. The van der Waals surface area contributed by atoms with Crippen molar-refractivity contribution in [3.63, 3.8) is 0 Å². The molecule has 0 atom stereocenters. The first-order valence-corrected chi connectivity index (χ1v) is 6.23. The van der Waals surface area contributed by atoms with Gasteiger partial charge in [0.2, 0.25) is 0 Å². The molecule has 20 heavy (non-hydrogen) atoms. The van der Waals surface area contributed by atoms with Crippen molar-refractivity contribution < 1.29 is 4.39 Å². The number of nitriles is 1. The molecule has 0 fully saturated rings. The zero-order chi connectivity index (χ0) is 14.3. The van der Waals surface area contributed by atoms with Crippen molar-refractivity contribution in [1.82, 2.24) is 9.55 Å². The Hall–Kier alpha value is -2.67. The number of nitrogens with zero attached hydrogens (tertiary/aromatic N) is 3. The molecular weight excluding hydrogens is 253 g/mol. The molecule has 0 aliphatic carbocycles. The Kier molecular flexibility index (Phi) is 2.76. The van der Waals surface area contributed by atoms with Crippen LogP contribution in [0, 0.1) is 24.1 Å². The molecule has 98 valence electrons. The van der Waals surface area contributed by atoms with Crippen LogP contribution < -0.4 is 0 Å². The van der Waals surface area contributed by atoms with E-state index in [-0.39, 0.29) is 5.82 Å². The van der Waals surface area contributed by atoms with E-state index < -0.39 is 0 Å². The summed E-state index contributed by atoms with van der Waals surface area (Å²) in [4.78, 5) is 4.55. The van der Waals surface area contributed by atoms with Crippen molar-refractivity contribution in [3.8, 4) is 17.5 Å². The summed E-state index contributed by atoms with van der Waals surface area (Å²) in [5, 5.41) is 8.96. The zero-order valence-corrected chi connectivity index (χ0v) is 11.2. The molecule has 4 heteroatoms. The van der Waals surface area contributed by atoms with Crippen LogP contribution in [0.25, 0.3) is 22.4 Å². The third kappa shape index (κ3) is 1.84. The van der Waals surface area contributed by atoms with Gasteiger partial charge in [-0.1, -0.05) is 6.07 Å². The summed E-state index contributed by atoms with van der Waals surface area (Å²) in [5.74, 6) is 0.419. The standard InChI is InChI=1S/C16H12FN3/c1-10-3-5-12(17)8-13(10)16-19-14-6-4-11(9-18)7-15(14)20(16)2/h3-8H,1-2H3. The summed E-state index contributed by atoms with van der Waals surface area (Å²) in [7, 11) is 1.87. The fourth-order valence-electron chi connectivity index (χ4n) is 2.34. The van der Waals surface area contributed by atoms with E-state index in [1.165, 1.54) is 12.1 Å². The second-order valence-corrected chi connectivity index (χ2v) is 4.77. The lowest BCUT2D eigenvalue weighted by Gasteiger charge is -2.06. The Morgan fingerprint density at radius 2 is 2.00 bits per heavy atom. The molecule has 2 aromatic carbocycles.